The molecule has 0 saturated heterocycles. The molecule has 0 spiro atoms. The zero-order chi connectivity index (χ0) is 12.3. The van der Waals surface area contributed by atoms with Gasteiger partial charge in [0.15, 0.2) is 0 Å². The number of amides is 2. The molecule has 0 bridgehead atoms. The van der Waals surface area contributed by atoms with Crippen molar-refractivity contribution < 1.29 is 14.7 Å². The summed E-state index contributed by atoms with van der Waals surface area (Å²) in [5.41, 5.74) is 0. The first-order valence-electron chi connectivity index (χ1n) is 5.69. The maximum absolute atomic E-state index is 11.7. The van der Waals surface area contributed by atoms with Crippen molar-refractivity contribution in [2.45, 2.75) is 45.2 Å². The minimum absolute atomic E-state index is 0.191. The Morgan fingerprint density at radius 2 is 2.06 bits per heavy atom. The van der Waals surface area contributed by atoms with Crippen LogP contribution in [-0.4, -0.2) is 41.1 Å². The second-order valence-corrected chi connectivity index (χ2v) is 4.59. The maximum Gasteiger partial charge on any atom is 0.326 e. The summed E-state index contributed by atoms with van der Waals surface area (Å²) in [6, 6.07) is -0.902. The molecule has 5 heteroatoms. The van der Waals surface area contributed by atoms with Crippen molar-refractivity contribution in [2.75, 3.05) is 7.05 Å². The zero-order valence-corrected chi connectivity index (χ0v) is 10.1. The van der Waals surface area contributed by atoms with Gasteiger partial charge >= 0.3 is 12.0 Å². The molecule has 1 aliphatic carbocycles. The fourth-order valence-electron chi connectivity index (χ4n) is 1.96. The number of urea groups is 1. The molecule has 0 aromatic heterocycles. The molecular weight excluding hydrogens is 208 g/mol. The summed E-state index contributed by atoms with van der Waals surface area (Å²) in [5.74, 6) is -0.505. The van der Waals surface area contributed by atoms with Crippen LogP contribution in [-0.2, 0) is 4.79 Å². The Bertz CT molecular complexity index is 280. The van der Waals surface area contributed by atoms with Gasteiger partial charge in [0.05, 0.1) is 0 Å². The predicted molar refractivity (Wildman–Crippen MR) is 60.2 cm³/mol. The molecule has 0 heterocycles. The number of aliphatic carboxylic acids is 1. The third-order valence-corrected chi connectivity index (χ3v) is 3.43. The summed E-state index contributed by atoms with van der Waals surface area (Å²) in [4.78, 5) is 23.7. The zero-order valence-electron chi connectivity index (χ0n) is 10.1. The Kier molecular flexibility index (Phi) is 4.15. The first-order valence-corrected chi connectivity index (χ1v) is 5.69. The number of rotatable bonds is 3. The molecule has 0 radical (unpaired) electrons. The average Bonchev–Trinajstić information content (AvgIpc) is 2.62. The molecule has 1 saturated carbocycles. The van der Waals surface area contributed by atoms with Gasteiger partial charge in [0, 0.05) is 13.1 Å². The van der Waals surface area contributed by atoms with Crippen LogP contribution in [0.3, 0.4) is 0 Å². The first-order chi connectivity index (χ1) is 7.43. The van der Waals surface area contributed by atoms with Gasteiger partial charge in [-0.15, -0.1) is 0 Å². The Balaban J connectivity index is 2.48. The van der Waals surface area contributed by atoms with Crippen molar-refractivity contribution in [2.24, 2.45) is 5.92 Å². The quantitative estimate of drug-likeness (QED) is 0.764. The van der Waals surface area contributed by atoms with Gasteiger partial charge < -0.3 is 15.3 Å². The van der Waals surface area contributed by atoms with Gasteiger partial charge in [0.2, 0.25) is 0 Å². The number of carboxylic acid groups (broad SMARTS) is 1. The van der Waals surface area contributed by atoms with Gasteiger partial charge in [0.25, 0.3) is 0 Å². The molecule has 92 valence electrons. The molecule has 3 unspecified atom stereocenters. The van der Waals surface area contributed by atoms with Gasteiger partial charge in [-0.25, -0.2) is 9.59 Å². The Morgan fingerprint density at radius 3 is 2.50 bits per heavy atom. The molecule has 2 amide bonds. The largest absolute Gasteiger partial charge is 0.480 e. The SMILES string of the molecule is CC1CCCC1NC(=O)N(C)C(C)C(=O)O. The molecule has 1 rings (SSSR count). The number of carbonyl (C=O) groups excluding carboxylic acids is 1. The first kappa shape index (κ1) is 12.8. The van der Waals surface area contributed by atoms with Gasteiger partial charge in [-0.2, -0.15) is 0 Å². The average molecular weight is 228 g/mol. The van der Waals surface area contributed by atoms with Crippen LogP contribution in [0.2, 0.25) is 0 Å². The van der Waals surface area contributed by atoms with Crippen LogP contribution in [0.1, 0.15) is 33.1 Å². The van der Waals surface area contributed by atoms with E-state index in [4.69, 9.17) is 5.11 Å². The number of nitrogens with zero attached hydrogens (tertiary/aromatic N) is 1. The highest BCUT2D eigenvalue weighted by atomic mass is 16.4. The van der Waals surface area contributed by atoms with E-state index in [1.807, 2.05) is 0 Å². The lowest BCUT2D eigenvalue weighted by Crippen LogP contribution is -2.49. The lowest BCUT2D eigenvalue weighted by Gasteiger charge is -2.25. The standard InChI is InChI=1S/C11H20N2O3/c1-7-5-4-6-9(7)12-11(16)13(3)8(2)10(14)15/h7-9H,4-6H2,1-3H3,(H,12,16)(H,14,15). The number of hydrogen-bond donors (Lipinski definition) is 2. The number of nitrogens with one attached hydrogen (secondary N) is 1. The van der Waals surface area contributed by atoms with Crippen molar-refractivity contribution in [3.05, 3.63) is 0 Å². The Labute approximate surface area is 95.8 Å². The molecule has 5 nitrogen and oxygen atoms in total. The van der Waals surface area contributed by atoms with Gasteiger partial charge in [0.1, 0.15) is 6.04 Å². The van der Waals surface area contributed by atoms with Crippen LogP contribution >= 0.6 is 0 Å². The fraction of sp³-hybridized carbons (Fsp3) is 0.818. The summed E-state index contributed by atoms with van der Waals surface area (Å²) in [6.07, 6.45) is 3.25. The van der Waals surface area contributed by atoms with E-state index in [0.717, 1.165) is 19.3 Å². The van der Waals surface area contributed by atoms with Crippen molar-refractivity contribution in [3.63, 3.8) is 0 Å². The second kappa shape index (κ2) is 5.18. The molecule has 0 aromatic rings. The van der Waals surface area contributed by atoms with E-state index < -0.39 is 12.0 Å². The van der Waals surface area contributed by atoms with E-state index in [0.29, 0.717) is 5.92 Å². The number of likely N-dealkylation sites (N-methyl/N-ethyl adjacent to an activating group) is 1. The number of carbonyl (C=O) groups is 2. The number of carboxylic acids is 1. The monoisotopic (exact) mass is 228 g/mol. The molecule has 1 fully saturated rings. The minimum Gasteiger partial charge on any atom is -0.480 e. The predicted octanol–water partition coefficient (Wildman–Crippen LogP) is 1.29. The van der Waals surface area contributed by atoms with Crippen LogP contribution in [0.25, 0.3) is 0 Å². The fourth-order valence-corrected chi connectivity index (χ4v) is 1.96. The maximum atomic E-state index is 11.7. The second-order valence-electron chi connectivity index (χ2n) is 4.59. The number of hydrogen-bond acceptors (Lipinski definition) is 2. The molecule has 2 N–H and O–H groups in total. The highest BCUT2D eigenvalue weighted by Crippen LogP contribution is 2.24. The van der Waals surface area contributed by atoms with E-state index in [1.54, 1.807) is 0 Å². The third-order valence-electron chi connectivity index (χ3n) is 3.43. The Hall–Kier alpha value is -1.26. The highest BCUT2D eigenvalue weighted by molar-refractivity contribution is 5.82. The molecule has 16 heavy (non-hydrogen) atoms. The molecule has 3 atom stereocenters. The summed E-state index contributed by atoms with van der Waals surface area (Å²) in [5, 5.41) is 11.7. The molecule has 0 aromatic carbocycles. The molecule has 1 aliphatic rings. The smallest absolute Gasteiger partial charge is 0.326 e. The van der Waals surface area contributed by atoms with E-state index >= 15 is 0 Å². The van der Waals surface area contributed by atoms with Crippen molar-refractivity contribution in [1.82, 2.24) is 10.2 Å². The summed E-state index contributed by atoms with van der Waals surface area (Å²) in [7, 11) is 1.51. The van der Waals surface area contributed by atoms with E-state index in [-0.39, 0.29) is 12.1 Å². The summed E-state index contributed by atoms with van der Waals surface area (Å²) < 4.78 is 0. The molecular formula is C11H20N2O3. The van der Waals surface area contributed by atoms with Crippen molar-refractivity contribution in [3.8, 4) is 0 Å². The third kappa shape index (κ3) is 2.87. The van der Waals surface area contributed by atoms with Crippen LogP contribution < -0.4 is 5.32 Å². The lowest BCUT2D eigenvalue weighted by atomic mass is 10.1. The van der Waals surface area contributed by atoms with E-state index in [1.165, 1.54) is 18.9 Å². The summed E-state index contributed by atoms with van der Waals surface area (Å²) in [6.45, 7) is 3.61. The lowest BCUT2D eigenvalue weighted by molar-refractivity contribution is -0.141. The van der Waals surface area contributed by atoms with Crippen LogP contribution in [0.5, 0.6) is 0 Å². The normalized spacial score (nSPS) is 26.2. The van der Waals surface area contributed by atoms with Crippen molar-refractivity contribution >= 4 is 12.0 Å². The summed E-state index contributed by atoms with van der Waals surface area (Å²) >= 11 is 0. The Morgan fingerprint density at radius 1 is 1.44 bits per heavy atom. The topological polar surface area (TPSA) is 69.6 Å². The van der Waals surface area contributed by atoms with E-state index in [9.17, 15) is 9.59 Å². The van der Waals surface area contributed by atoms with Crippen molar-refractivity contribution in [1.29, 1.82) is 0 Å². The highest BCUT2D eigenvalue weighted by Gasteiger charge is 2.28. The van der Waals surface area contributed by atoms with Crippen LogP contribution in [0.15, 0.2) is 0 Å². The molecule has 0 aliphatic heterocycles. The minimum atomic E-state index is -0.989. The van der Waals surface area contributed by atoms with Crippen LogP contribution in [0, 0.1) is 5.92 Å². The van der Waals surface area contributed by atoms with Crippen LogP contribution in [0.4, 0.5) is 4.79 Å². The van der Waals surface area contributed by atoms with Gasteiger partial charge in [-0.05, 0) is 25.7 Å². The van der Waals surface area contributed by atoms with Gasteiger partial charge in [-0.1, -0.05) is 13.3 Å². The van der Waals surface area contributed by atoms with Gasteiger partial charge in [-0.3, -0.25) is 0 Å². The van der Waals surface area contributed by atoms with E-state index in [2.05, 4.69) is 12.2 Å².